The fraction of sp³-hybridized carbons (Fsp3) is 0.100. The lowest BCUT2D eigenvalue weighted by molar-refractivity contribution is 0.283. The summed E-state index contributed by atoms with van der Waals surface area (Å²) in [7, 11) is 0. The summed E-state index contributed by atoms with van der Waals surface area (Å²) in [6.07, 6.45) is 0. The van der Waals surface area contributed by atoms with Gasteiger partial charge in [0.25, 0.3) is 0 Å². The van der Waals surface area contributed by atoms with E-state index < -0.39 is 0 Å². The molecule has 0 saturated heterocycles. The molecular weight excluding hydrogens is 262 g/mol. The van der Waals surface area contributed by atoms with Gasteiger partial charge >= 0.3 is 0 Å². The van der Waals surface area contributed by atoms with Crippen molar-refractivity contribution in [3.63, 3.8) is 0 Å². The maximum atomic E-state index is 9.20. The van der Waals surface area contributed by atoms with Gasteiger partial charge in [0.2, 0.25) is 0 Å². The van der Waals surface area contributed by atoms with Gasteiger partial charge in [-0.05, 0) is 22.0 Å². The highest BCUT2D eigenvalue weighted by Gasteiger charge is 2.09. The number of nitrogens with zero attached hydrogens (tertiary/aromatic N) is 1. The van der Waals surface area contributed by atoms with Crippen LogP contribution in [-0.4, -0.2) is 5.11 Å². The Hall–Kier alpha value is -0.890. The lowest BCUT2D eigenvalue weighted by Gasteiger charge is -2.01. The molecule has 0 bridgehead atoms. The summed E-state index contributed by atoms with van der Waals surface area (Å²) in [5, 5.41) is 21.1. The van der Waals surface area contributed by atoms with Crippen LogP contribution in [0.4, 0.5) is 0 Å². The highest BCUT2D eigenvalue weighted by Crippen LogP contribution is 2.34. The van der Waals surface area contributed by atoms with E-state index in [1.807, 2.05) is 11.4 Å². The summed E-state index contributed by atoms with van der Waals surface area (Å²) in [6, 6.07) is 5.72. The number of thiophene rings is 1. The molecule has 1 N–H and O–H groups in total. The molecule has 14 heavy (non-hydrogen) atoms. The minimum atomic E-state index is -0.0901. The van der Waals surface area contributed by atoms with Crippen molar-refractivity contribution in [2.45, 2.75) is 6.61 Å². The molecule has 0 fully saturated rings. The molecule has 2 rings (SSSR count). The Balaban J connectivity index is 2.86. The number of hydrogen-bond donors (Lipinski definition) is 1. The van der Waals surface area contributed by atoms with Crippen molar-refractivity contribution in [2.24, 2.45) is 0 Å². The van der Waals surface area contributed by atoms with Crippen LogP contribution in [0.2, 0.25) is 0 Å². The van der Waals surface area contributed by atoms with E-state index in [4.69, 9.17) is 5.26 Å². The number of hydrogen-bond acceptors (Lipinski definition) is 3. The van der Waals surface area contributed by atoms with Gasteiger partial charge in [-0.15, -0.1) is 11.3 Å². The molecular formula is C10H6BrNOS. The van der Waals surface area contributed by atoms with Crippen LogP contribution in [-0.2, 0) is 6.61 Å². The van der Waals surface area contributed by atoms with Gasteiger partial charge in [-0.2, -0.15) is 5.26 Å². The average molecular weight is 268 g/mol. The fourth-order valence-electron chi connectivity index (χ4n) is 1.39. The van der Waals surface area contributed by atoms with Crippen molar-refractivity contribution in [3.8, 4) is 6.07 Å². The zero-order chi connectivity index (χ0) is 10.1. The minimum absolute atomic E-state index is 0.0901. The molecule has 0 aliphatic heterocycles. The molecule has 0 radical (unpaired) electrons. The highest BCUT2D eigenvalue weighted by molar-refractivity contribution is 9.10. The zero-order valence-corrected chi connectivity index (χ0v) is 9.52. The van der Waals surface area contributed by atoms with Crippen LogP contribution in [0.15, 0.2) is 22.0 Å². The molecule has 4 heteroatoms. The van der Waals surface area contributed by atoms with E-state index in [2.05, 4.69) is 22.0 Å². The summed E-state index contributed by atoms with van der Waals surface area (Å²) in [4.78, 5) is 0. The number of aliphatic hydroxyl groups excluding tert-OH is 1. The summed E-state index contributed by atoms with van der Waals surface area (Å²) in [5.41, 5.74) is 1.27. The second-order valence-corrected chi connectivity index (χ2v) is 4.56. The number of fused-ring (bicyclic) bond motifs is 1. The van der Waals surface area contributed by atoms with Crippen LogP contribution in [0.5, 0.6) is 0 Å². The van der Waals surface area contributed by atoms with E-state index in [0.29, 0.717) is 5.56 Å². The molecule has 2 nitrogen and oxygen atoms in total. The number of rotatable bonds is 1. The summed E-state index contributed by atoms with van der Waals surface area (Å²) in [6.45, 7) is -0.0901. The molecule has 1 aromatic heterocycles. The number of nitriles is 1. The lowest BCUT2D eigenvalue weighted by atomic mass is 10.1. The number of benzene rings is 1. The highest BCUT2D eigenvalue weighted by atomic mass is 79.9. The van der Waals surface area contributed by atoms with E-state index in [1.165, 1.54) is 11.3 Å². The van der Waals surface area contributed by atoms with Crippen LogP contribution in [0, 0.1) is 11.3 Å². The first kappa shape index (κ1) is 9.66. The van der Waals surface area contributed by atoms with Gasteiger partial charge in [0.1, 0.15) is 0 Å². The van der Waals surface area contributed by atoms with Crippen LogP contribution in [0.1, 0.15) is 11.1 Å². The Labute approximate surface area is 93.5 Å². The number of aliphatic hydroxyl groups is 1. The quantitative estimate of drug-likeness (QED) is 0.863. The molecule has 1 heterocycles. The van der Waals surface area contributed by atoms with E-state index in [9.17, 15) is 5.11 Å². The van der Waals surface area contributed by atoms with Crippen molar-refractivity contribution in [2.75, 3.05) is 0 Å². The first-order valence-electron chi connectivity index (χ1n) is 3.97. The molecule has 0 spiro atoms. The smallest absolute Gasteiger partial charge is 0.0995 e. The Morgan fingerprint density at radius 1 is 1.50 bits per heavy atom. The third-order valence-corrected chi connectivity index (χ3v) is 4.09. The maximum Gasteiger partial charge on any atom is 0.0995 e. The first-order valence-corrected chi connectivity index (χ1v) is 5.64. The van der Waals surface area contributed by atoms with Crippen molar-refractivity contribution in [3.05, 3.63) is 33.1 Å². The predicted octanol–water partition coefficient (Wildman–Crippen LogP) is 3.03. The molecule has 70 valence electrons. The van der Waals surface area contributed by atoms with Crippen LogP contribution >= 0.6 is 27.3 Å². The zero-order valence-electron chi connectivity index (χ0n) is 7.12. The molecule has 0 atom stereocenters. The Kier molecular flexibility index (Phi) is 2.55. The topological polar surface area (TPSA) is 44.0 Å². The monoisotopic (exact) mass is 267 g/mol. The Morgan fingerprint density at radius 3 is 2.93 bits per heavy atom. The van der Waals surface area contributed by atoms with Crippen molar-refractivity contribution in [1.29, 1.82) is 5.26 Å². The summed E-state index contributed by atoms with van der Waals surface area (Å²) >= 11 is 4.96. The SMILES string of the molecule is N#Cc1ccc2c(Br)csc2c1CO. The van der Waals surface area contributed by atoms with Crippen molar-refractivity contribution < 1.29 is 5.11 Å². The second kappa shape index (κ2) is 3.70. The maximum absolute atomic E-state index is 9.20. The Morgan fingerprint density at radius 2 is 2.29 bits per heavy atom. The van der Waals surface area contributed by atoms with Gasteiger partial charge < -0.3 is 5.11 Å². The Bertz CT molecular complexity index is 527. The van der Waals surface area contributed by atoms with Gasteiger partial charge in [-0.25, -0.2) is 0 Å². The minimum Gasteiger partial charge on any atom is -0.392 e. The van der Waals surface area contributed by atoms with E-state index in [-0.39, 0.29) is 6.61 Å². The number of halogens is 1. The third kappa shape index (κ3) is 1.34. The largest absolute Gasteiger partial charge is 0.392 e. The third-order valence-electron chi connectivity index (χ3n) is 2.08. The summed E-state index contributed by atoms with van der Waals surface area (Å²) < 4.78 is 2.00. The molecule has 0 amide bonds. The fourth-order valence-corrected chi connectivity index (χ4v) is 3.10. The standard InChI is InChI=1S/C10H6BrNOS/c11-9-5-14-10-7(9)2-1-6(3-12)8(10)4-13/h1-2,5,13H,4H2. The van der Waals surface area contributed by atoms with Crippen molar-refractivity contribution in [1.82, 2.24) is 0 Å². The van der Waals surface area contributed by atoms with Crippen LogP contribution < -0.4 is 0 Å². The molecule has 0 aliphatic rings. The van der Waals surface area contributed by atoms with Gasteiger partial charge in [-0.1, -0.05) is 6.07 Å². The molecule has 0 saturated carbocycles. The lowest BCUT2D eigenvalue weighted by Crippen LogP contribution is -1.88. The normalized spacial score (nSPS) is 10.4. The van der Waals surface area contributed by atoms with Gasteiger partial charge in [-0.3, -0.25) is 0 Å². The molecule has 0 unspecified atom stereocenters. The molecule has 0 aliphatic carbocycles. The van der Waals surface area contributed by atoms with Gasteiger partial charge in [0.05, 0.1) is 18.2 Å². The molecule has 2 aromatic rings. The van der Waals surface area contributed by atoms with Gasteiger partial charge in [0.15, 0.2) is 0 Å². The second-order valence-electron chi connectivity index (χ2n) is 2.82. The van der Waals surface area contributed by atoms with Crippen LogP contribution in [0.25, 0.3) is 10.1 Å². The van der Waals surface area contributed by atoms with E-state index >= 15 is 0 Å². The van der Waals surface area contributed by atoms with Gasteiger partial charge in [0, 0.05) is 25.5 Å². The van der Waals surface area contributed by atoms with E-state index in [1.54, 1.807) is 6.07 Å². The van der Waals surface area contributed by atoms with Crippen molar-refractivity contribution >= 4 is 37.4 Å². The summed E-state index contributed by atoms with van der Waals surface area (Å²) in [5.74, 6) is 0. The average Bonchev–Trinajstić information content (AvgIpc) is 2.59. The first-order chi connectivity index (χ1) is 6.77. The molecule has 1 aromatic carbocycles. The van der Waals surface area contributed by atoms with E-state index in [0.717, 1.165) is 20.1 Å². The van der Waals surface area contributed by atoms with Crippen LogP contribution in [0.3, 0.4) is 0 Å². The predicted molar refractivity (Wildman–Crippen MR) is 60.2 cm³/mol.